The Balaban J connectivity index is 1.29. The van der Waals surface area contributed by atoms with E-state index >= 15 is 0 Å². The van der Waals surface area contributed by atoms with E-state index in [1.165, 1.54) is 19.8 Å². The van der Waals surface area contributed by atoms with Gasteiger partial charge in [-0.05, 0) is 81.2 Å². The quantitative estimate of drug-likeness (QED) is 0.431. The van der Waals surface area contributed by atoms with Crippen molar-refractivity contribution in [3.63, 3.8) is 0 Å². The fourth-order valence-corrected chi connectivity index (χ4v) is 8.51. The zero-order valence-electron chi connectivity index (χ0n) is 23.6. The van der Waals surface area contributed by atoms with Gasteiger partial charge in [-0.15, -0.1) is 0 Å². The molecule has 7 heteroatoms. The van der Waals surface area contributed by atoms with Crippen molar-refractivity contribution in [2.45, 2.75) is 81.6 Å². The van der Waals surface area contributed by atoms with E-state index in [0.29, 0.717) is 18.6 Å². The van der Waals surface area contributed by atoms with E-state index in [1.807, 2.05) is 44.3 Å². The first kappa shape index (κ1) is 25.6. The predicted octanol–water partition coefficient (Wildman–Crippen LogP) is 4.38. The maximum absolute atomic E-state index is 13.5. The van der Waals surface area contributed by atoms with Crippen LogP contribution in [-0.4, -0.2) is 70.7 Å². The molecule has 2 heterocycles. The van der Waals surface area contributed by atoms with E-state index in [4.69, 9.17) is 9.47 Å². The second-order valence-corrected chi connectivity index (χ2v) is 12.7. The van der Waals surface area contributed by atoms with Crippen molar-refractivity contribution in [1.29, 1.82) is 0 Å². The van der Waals surface area contributed by atoms with E-state index < -0.39 is 17.1 Å². The third kappa shape index (κ3) is 3.66. The molecule has 5 atom stereocenters. The van der Waals surface area contributed by atoms with Crippen molar-refractivity contribution >= 4 is 18.0 Å². The number of likely N-dealkylation sites (tertiary alicyclic amines) is 1. The van der Waals surface area contributed by atoms with Gasteiger partial charge in [0, 0.05) is 32.2 Å². The summed E-state index contributed by atoms with van der Waals surface area (Å²) in [5.41, 5.74) is 2.90. The Labute approximate surface area is 235 Å². The molecule has 0 aromatic heterocycles. The standard InChI is InChI=1S/C33H38N2O5/c1-20-5-4-6-22(17-20)9-12-28(38)34(3)25-13-14-33(40-21(2)36)27-18-24-10-11-26(37)30-29(24)32(33,31(25)39-30)15-16-35(27)19-23-7-8-23/h4-6,9-12,17,23,25,27,31,37H,7-8,13-16,18-19H2,1-3H3/b12-9+/t25?,27-,31?,32+,33-/m1/s1. The van der Waals surface area contributed by atoms with Crippen molar-refractivity contribution in [1.82, 2.24) is 9.80 Å². The number of likely N-dealkylation sites (N-methyl/N-ethyl adjacent to an activating group) is 1. The zero-order chi connectivity index (χ0) is 27.8. The molecule has 1 saturated heterocycles. The highest BCUT2D eigenvalue weighted by atomic mass is 16.6. The number of nitrogens with zero attached hydrogens (tertiary/aromatic N) is 2. The third-order valence-electron chi connectivity index (χ3n) is 10.3. The molecule has 2 unspecified atom stereocenters. The molecule has 0 radical (unpaired) electrons. The number of benzene rings is 2. The summed E-state index contributed by atoms with van der Waals surface area (Å²) in [6, 6.07) is 11.6. The molecule has 3 fully saturated rings. The molecular formula is C33H38N2O5. The largest absolute Gasteiger partial charge is 0.504 e. The zero-order valence-corrected chi connectivity index (χ0v) is 23.6. The molecule has 7 rings (SSSR count). The first-order valence-corrected chi connectivity index (χ1v) is 14.7. The van der Waals surface area contributed by atoms with Crippen LogP contribution in [0.15, 0.2) is 42.5 Å². The Hall–Kier alpha value is -3.32. The van der Waals surface area contributed by atoms with Crippen LogP contribution < -0.4 is 4.74 Å². The van der Waals surface area contributed by atoms with Crippen LogP contribution in [-0.2, 0) is 26.2 Å². The minimum atomic E-state index is -0.763. The Kier molecular flexibility index (Phi) is 5.83. The topological polar surface area (TPSA) is 79.3 Å². The van der Waals surface area contributed by atoms with E-state index in [2.05, 4.69) is 11.0 Å². The molecule has 3 aliphatic carbocycles. The summed E-state index contributed by atoms with van der Waals surface area (Å²) >= 11 is 0. The monoisotopic (exact) mass is 542 g/mol. The first-order valence-electron chi connectivity index (χ1n) is 14.7. The third-order valence-corrected chi connectivity index (χ3v) is 10.3. The van der Waals surface area contributed by atoms with E-state index in [-0.39, 0.29) is 29.7 Å². The van der Waals surface area contributed by atoms with Crippen LogP contribution in [0.25, 0.3) is 6.08 Å². The summed E-state index contributed by atoms with van der Waals surface area (Å²) in [7, 11) is 1.85. The molecule has 1 spiro atoms. The summed E-state index contributed by atoms with van der Waals surface area (Å²) in [6.45, 7) is 5.46. The smallest absolute Gasteiger partial charge is 0.303 e. The van der Waals surface area contributed by atoms with E-state index in [1.54, 1.807) is 17.0 Å². The molecule has 1 amide bonds. The number of aryl methyl sites for hydroxylation is 1. The van der Waals surface area contributed by atoms with Gasteiger partial charge in [-0.1, -0.05) is 35.9 Å². The number of ether oxygens (including phenoxy) is 2. The van der Waals surface area contributed by atoms with Crippen LogP contribution in [0.2, 0.25) is 0 Å². The van der Waals surface area contributed by atoms with Gasteiger partial charge in [0.15, 0.2) is 11.5 Å². The minimum absolute atomic E-state index is 0.0445. The van der Waals surface area contributed by atoms with Crippen molar-refractivity contribution in [3.8, 4) is 11.5 Å². The van der Waals surface area contributed by atoms with Crippen LogP contribution in [0.4, 0.5) is 0 Å². The van der Waals surface area contributed by atoms with Crippen molar-refractivity contribution < 1.29 is 24.2 Å². The fraction of sp³-hybridized carbons (Fsp3) is 0.515. The number of phenolic OH excluding ortho intramolecular Hbond substituents is 1. The predicted molar refractivity (Wildman–Crippen MR) is 151 cm³/mol. The fourth-order valence-electron chi connectivity index (χ4n) is 8.51. The number of rotatable bonds is 6. The first-order chi connectivity index (χ1) is 19.2. The van der Waals surface area contributed by atoms with Gasteiger partial charge in [-0.3, -0.25) is 14.5 Å². The van der Waals surface area contributed by atoms with Gasteiger partial charge in [-0.25, -0.2) is 0 Å². The Bertz CT molecular complexity index is 1420. The van der Waals surface area contributed by atoms with Gasteiger partial charge in [0.1, 0.15) is 11.7 Å². The van der Waals surface area contributed by atoms with Gasteiger partial charge < -0.3 is 19.5 Å². The Morgan fingerprint density at radius 1 is 1.20 bits per heavy atom. The molecule has 2 aromatic carbocycles. The average molecular weight is 543 g/mol. The van der Waals surface area contributed by atoms with Gasteiger partial charge in [-0.2, -0.15) is 0 Å². The number of hydrogen-bond donors (Lipinski definition) is 1. The van der Waals surface area contributed by atoms with Gasteiger partial charge in [0.05, 0.1) is 17.5 Å². The van der Waals surface area contributed by atoms with E-state index in [9.17, 15) is 14.7 Å². The summed E-state index contributed by atoms with van der Waals surface area (Å²) in [5.74, 6) is 0.973. The number of hydrogen-bond acceptors (Lipinski definition) is 6. The maximum Gasteiger partial charge on any atom is 0.303 e. The van der Waals surface area contributed by atoms with Crippen LogP contribution in [0.5, 0.6) is 11.5 Å². The van der Waals surface area contributed by atoms with Crippen LogP contribution >= 0.6 is 0 Å². The highest BCUT2D eigenvalue weighted by Gasteiger charge is 2.75. The summed E-state index contributed by atoms with van der Waals surface area (Å²) in [4.78, 5) is 30.7. The number of carbonyl (C=O) groups is 2. The number of aromatic hydroxyl groups is 1. The van der Waals surface area contributed by atoms with Gasteiger partial charge in [0.25, 0.3) is 0 Å². The number of carbonyl (C=O) groups excluding carboxylic acids is 2. The van der Waals surface area contributed by atoms with E-state index in [0.717, 1.165) is 54.1 Å². The van der Waals surface area contributed by atoms with Crippen molar-refractivity contribution in [3.05, 3.63) is 64.7 Å². The molecule has 210 valence electrons. The van der Waals surface area contributed by atoms with Gasteiger partial charge >= 0.3 is 5.97 Å². The SMILES string of the molecule is CC(=O)O[C@@]12CCC(N(C)C(=O)/C=C/c3cccc(C)c3)C3Oc4c(O)ccc5c4[C@@]31CCN(CC1CC1)[C@@H]2C5. The van der Waals surface area contributed by atoms with Gasteiger partial charge in [0.2, 0.25) is 5.91 Å². The lowest BCUT2D eigenvalue weighted by molar-refractivity contribution is -0.223. The molecule has 2 aromatic rings. The van der Waals surface area contributed by atoms with Crippen LogP contribution in [0.3, 0.4) is 0 Å². The number of piperidine rings is 1. The molecule has 7 nitrogen and oxygen atoms in total. The van der Waals surface area contributed by atoms with Crippen molar-refractivity contribution in [2.24, 2.45) is 5.92 Å². The van der Waals surface area contributed by atoms with Crippen LogP contribution in [0.1, 0.15) is 61.3 Å². The number of phenols is 1. The lowest BCUT2D eigenvalue weighted by Crippen LogP contribution is -2.79. The van der Waals surface area contributed by atoms with Crippen LogP contribution in [0, 0.1) is 12.8 Å². The highest BCUT2D eigenvalue weighted by molar-refractivity contribution is 5.92. The average Bonchev–Trinajstić information content (AvgIpc) is 3.67. The summed E-state index contributed by atoms with van der Waals surface area (Å²) in [5, 5.41) is 11.0. The molecular weight excluding hydrogens is 504 g/mol. The normalized spacial score (nSPS) is 31.9. The molecule has 1 N–H and O–H groups in total. The molecule has 2 saturated carbocycles. The second-order valence-electron chi connectivity index (χ2n) is 12.7. The number of esters is 1. The lowest BCUT2D eigenvalue weighted by Gasteiger charge is -2.65. The number of amides is 1. The Morgan fingerprint density at radius 2 is 2.02 bits per heavy atom. The summed E-state index contributed by atoms with van der Waals surface area (Å²) in [6.07, 6.45) is 8.42. The molecule has 40 heavy (non-hydrogen) atoms. The lowest BCUT2D eigenvalue weighted by atomic mass is 9.48. The highest BCUT2D eigenvalue weighted by Crippen LogP contribution is 2.67. The molecule has 2 bridgehead atoms. The summed E-state index contributed by atoms with van der Waals surface area (Å²) < 4.78 is 13.2. The molecule has 2 aliphatic heterocycles. The Morgan fingerprint density at radius 3 is 2.77 bits per heavy atom. The van der Waals surface area contributed by atoms with Crippen molar-refractivity contribution in [2.75, 3.05) is 20.1 Å². The second kappa shape index (κ2) is 9.10. The minimum Gasteiger partial charge on any atom is -0.504 e. The molecule has 5 aliphatic rings. The maximum atomic E-state index is 13.5.